The zero-order valence-electron chi connectivity index (χ0n) is 11.4. The third kappa shape index (κ3) is 2.85. The topological polar surface area (TPSA) is 17.1 Å². The SMILES string of the molecule is Cc1ccc(Br)cc1C(=O)C1CCC(C)C(C)C1. The molecule has 0 N–H and O–H groups in total. The van der Waals surface area contributed by atoms with Crippen LogP contribution < -0.4 is 0 Å². The summed E-state index contributed by atoms with van der Waals surface area (Å²) in [7, 11) is 0. The number of hydrogen-bond donors (Lipinski definition) is 0. The molecule has 1 aromatic carbocycles. The zero-order valence-corrected chi connectivity index (χ0v) is 13.0. The van der Waals surface area contributed by atoms with Gasteiger partial charge in [0.2, 0.25) is 0 Å². The first-order valence-corrected chi connectivity index (χ1v) is 7.58. The number of aryl methyl sites for hydroxylation is 1. The molecule has 0 aliphatic heterocycles. The summed E-state index contributed by atoms with van der Waals surface area (Å²) >= 11 is 3.46. The van der Waals surface area contributed by atoms with Crippen molar-refractivity contribution < 1.29 is 4.79 Å². The number of halogens is 1. The smallest absolute Gasteiger partial charge is 0.166 e. The van der Waals surface area contributed by atoms with Crippen LogP contribution in [0.1, 0.15) is 49.0 Å². The minimum absolute atomic E-state index is 0.226. The molecule has 1 nitrogen and oxygen atoms in total. The highest BCUT2D eigenvalue weighted by Gasteiger charge is 2.30. The highest BCUT2D eigenvalue weighted by molar-refractivity contribution is 9.10. The van der Waals surface area contributed by atoms with Gasteiger partial charge < -0.3 is 0 Å². The van der Waals surface area contributed by atoms with Gasteiger partial charge in [-0.1, -0.05) is 35.8 Å². The molecule has 1 aromatic rings. The first kappa shape index (κ1) is 13.8. The van der Waals surface area contributed by atoms with E-state index in [1.54, 1.807) is 0 Å². The largest absolute Gasteiger partial charge is 0.294 e. The molecule has 3 unspecified atom stereocenters. The number of carbonyl (C=O) groups excluding carboxylic acids is 1. The van der Waals surface area contributed by atoms with Crippen molar-refractivity contribution in [3.8, 4) is 0 Å². The predicted octanol–water partition coefficient (Wildman–Crippen LogP) is 5.01. The van der Waals surface area contributed by atoms with Crippen molar-refractivity contribution in [1.82, 2.24) is 0 Å². The van der Waals surface area contributed by atoms with E-state index in [1.165, 1.54) is 6.42 Å². The molecule has 2 rings (SSSR count). The van der Waals surface area contributed by atoms with Gasteiger partial charge in [0, 0.05) is 16.0 Å². The molecule has 0 bridgehead atoms. The number of rotatable bonds is 2. The van der Waals surface area contributed by atoms with Gasteiger partial charge >= 0.3 is 0 Å². The van der Waals surface area contributed by atoms with E-state index < -0.39 is 0 Å². The first-order valence-electron chi connectivity index (χ1n) is 6.79. The number of Topliss-reactive ketones (excluding diaryl/α,β-unsaturated/α-hetero) is 1. The summed E-state index contributed by atoms with van der Waals surface area (Å²) in [6.45, 7) is 6.60. The Bertz CT molecular complexity index is 452. The van der Waals surface area contributed by atoms with E-state index in [2.05, 4.69) is 29.8 Å². The molecule has 0 radical (unpaired) electrons. The summed E-state index contributed by atoms with van der Waals surface area (Å²) in [5.41, 5.74) is 1.99. The van der Waals surface area contributed by atoms with Crippen LogP contribution in [-0.2, 0) is 0 Å². The fraction of sp³-hybridized carbons (Fsp3) is 0.562. The van der Waals surface area contributed by atoms with Crippen molar-refractivity contribution in [2.45, 2.75) is 40.0 Å². The molecule has 1 saturated carbocycles. The Morgan fingerprint density at radius 1 is 1.22 bits per heavy atom. The molecule has 1 aliphatic rings. The van der Waals surface area contributed by atoms with Crippen molar-refractivity contribution in [2.24, 2.45) is 17.8 Å². The van der Waals surface area contributed by atoms with Crippen molar-refractivity contribution in [1.29, 1.82) is 0 Å². The van der Waals surface area contributed by atoms with Crippen LogP contribution >= 0.6 is 15.9 Å². The van der Waals surface area contributed by atoms with Gasteiger partial charge in [-0.25, -0.2) is 0 Å². The Morgan fingerprint density at radius 3 is 2.61 bits per heavy atom. The number of benzene rings is 1. The maximum atomic E-state index is 12.6. The molecule has 2 heteroatoms. The van der Waals surface area contributed by atoms with Crippen LogP contribution in [0.25, 0.3) is 0 Å². The van der Waals surface area contributed by atoms with Crippen LogP contribution in [0.15, 0.2) is 22.7 Å². The van der Waals surface area contributed by atoms with Gasteiger partial charge in [-0.2, -0.15) is 0 Å². The summed E-state index contributed by atoms with van der Waals surface area (Å²) in [5.74, 6) is 1.99. The molecule has 0 heterocycles. The Balaban J connectivity index is 2.19. The average molecular weight is 309 g/mol. The van der Waals surface area contributed by atoms with E-state index in [0.717, 1.165) is 34.4 Å². The summed E-state index contributed by atoms with van der Waals surface area (Å²) in [6.07, 6.45) is 3.28. The average Bonchev–Trinajstić information content (AvgIpc) is 2.35. The Hall–Kier alpha value is -0.630. The lowest BCUT2D eigenvalue weighted by atomic mass is 9.73. The normalized spacial score (nSPS) is 28.1. The third-order valence-electron chi connectivity index (χ3n) is 4.43. The van der Waals surface area contributed by atoms with Crippen LogP contribution in [0, 0.1) is 24.7 Å². The second kappa shape index (κ2) is 5.56. The van der Waals surface area contributed by atoms with Crippen molar-refractivity contribution in [3.63, 3.8) is 0 Å². The van der Waals surface area contributed by atoms with Crippen molar-refractivity contribution >= 4 is 21.7 Å². The quantitative estimate of drug-likeness (QED) is 0.702. The molecule has 0 spiro atoms. The van der Waals surface area contributed by atoms with Gasteiger partial charge in [0.1, 0.15) is 0 Å². The fourth-order valence-electron chi connectivity index (χ4n) is 2.87. The first-order chi connectivity index (χ1) is 8.49. The number of ketones is 1. The van der Waals surface area contributed by atoms with Gasteiger partial charge in [-0.05, 0) is 55.7 Å². The predicted molar refractivity (Wildman–Crippen MR) is 78.9 cm³/mol. The maximum Gasteiger partial charge on any atom is 0.166 e. The van der Waals surface area contributed by atoms with Crippen LogP contribution in [-0.4, -0.2) is 5.78 Å². The van der Waals surface area contributed by atoms with E-state index in [-0.39, 0.29) is 5.92 Å². The van der Waals surface area contributed by atoms with Gasteiger partial charge in [0.15, 0.2) is 5.78 Å². The molecule has 3 atom stereocenters. The van der Waals surface area contributed by atoms with Crippen LogP contribution in [0.3, 0.4) is 0 Å². The molecule has 1 aliphatic carbocycles. The highest BCUT2D eigenvalue weighted by Crippen LogP contribution is 2.35. The summed E-state index contributed by atoms with van der Waals surface area (Å²) < 4.78 is 0.994. The van der Waals surface area contributed by atoms with Crippen LogP contribution in [0.4, 0.5) is 0 Å². The van der Waals surface area contributed by atoms with Crippen LogP contribution in [0.5, 0.6) is 0 Å². The minimum atomic E-state index is 0.226. The summed E-state index contributed by atoms with van der Waals surface area (Å²) in [5, 5.41) is 0. The molecule has 1 fully saturated rings. The Morgan fingerprint density at radius 2 is 1.94 bits per heavy atom. The molecule has 18 heavy (non-hydrogen) atoms. The van der Waals surface area contributed by atoms with E-state index in [0.29, 0.717) is 11.7 Å². The lowest BCUT2D eigenvalue weighted by Gasteiger charge is -2.31. The van der Waals surface area contributed by atoms with E-state index in [1.807, 2.05) is 25.1 Å². The van der Waals surface area contributed by atoms with Gasteiger partial charge in [-0.3, -0.25) is 4.79 Å². The van der Waals surface area contributed by atoms with E-state index in [4.69, 9.17) is 0 Å². The highest BCUT2D eigenvalue weighted by atomic mass is 79.9. The second-order valence-corrected chi connectivity index (χ2v) is 6.70. The summed E-state index contributed by atoms with van der Waals surface area (Å²) in [4.78, 5) is 12.6. The summed E-state index contributed by atoms with van der Waals surface area (Å²) in [6, 6.07) is 5.99. The molecule has 0 saturated heterocycles. The van der Waals surface area contributed by atoms with Crippen molar-refractivity contribution in [2.75, 3.05) is 0 Å². The van der Waals surface area contributed by atoms with Gasteiger partial charge in [-0.15, -0.1) is 0 Å². The van der Waals surface area contributed by atoms with E-state index >= 15 is 0 Å². The molecule has 98 valence electrons. The third-order valence-corrected chi connectivity index (χ3v) is 4.93. The lowest BCUT2D eigenvalue weighted by Crippen LogP contribution is -2.26. The van der Waals surface area contributed by atoms with Gasteiger partial charge in [0.05, 0.1) is 0 Å². The molecular weight excluding hydrogens is 288 g/mol. The molecule has 0 amide bonds. The van der Waals surface area contributed by atoms with Crippen LogP contribution in [0.2, 0.25) is 0 Å². The second-order valence-electron chi connectivity index (χ2n) is 5.79. The molecule has 0 aromatic heterocycles. The van der Waals surface area contributed by atoms with Gasteiger partial charge in [0.25, 0.3) is 0 Å². The monoisotopic (exact) mass is 308 g/mol. The Labute approximate surface area is 118 Å². The Kier molecular flexibility index (Phi) is 4.26. The lowest BCUT2D eigenvalue weighted by molar-refractivity contribution is 0.0837. The minimum Gasteiger partial charge on any atom is -0.294 e. The zero-order chi connectivity index (χ0) is 13.3. The standard InChI is InChI=1S/C16H21BrO/c1-10-4-6-13(8-12(10)3)16(18)15-9-14(17)7-5-11(15)2/h5,7,9-10,12-13H,4,6,8H2,1-3H3. The fourth-order valence-corrected chi connectivity index (χ4v) is 3.23. The number of hydrogen-bond acceptors (Lipinski definition) is 1. The van der Waals surface area contributed by atoms with E-state index in [9.17, 15) is 4.79 Å². The van der Waals surface area contributed by atoms with Crippen molar-refractivity contribution in [3.05, 3.63) is 33.8 Å². The molecular formula is C16H21BrO. The number of carbonyl (C=O) groups is 1. The maximum absolute atomic E-state index is 12.6.